The molecule has 0 saturated carbocycles. The van der Waals surface area contributed by atoms with Gasteiger partial charge in [0.25, 0.3) is 5.91 Å². The summed E-state index contributed by atoms with van der Waals surface area (Å²) in [5, 5.41) is 17.9. The Hall–Kier alpha value is -1.58. The monoisotopic (exact) mass is 267 g/mol. The molecule has 1 fully saturated rings. The molecule has 0 aromatic carbocycles. The summed E-state index contributed by atoms with van der Waals surface area (Å²) >= 11 is 0. The Morgan fingerprint density at radius 3 is 2.58 bits per heavy atom. The zero-order valence-electron chi connectivity index (χ0n) is 11.7. The van der Waals surface area contributed by atoms with Crippen LogP contribution >= 0.6 is 0 Å². The highest BCUT2D eigenvalue weighted by Crippen LogP contribution is 2.13. The second-order valence-corrected chi connectivity index (χ2v) is 4.83. The highest BCUT2D eigenvalue weighted by molar-refractivity contribution is 5.97. The van der Waals surface area contributed by atoms with Gasteiger partial charge < -0.3 is 19.6 Å². The van der Waals surface area contributed by atoms with Gasteiger partial charge in [0.1, 0.15) is 11.6 Å². The SMILES string of the molecule is CC1CN(C(=O)/C(C#N)=C\N(C)CCO)CC(C)O1. The van der Waals surface area contributed by atoms with Crippen LogP contribution in [0.4, 0.5) is 0 Å². The van der Waals surface area contributed by atoms with Gasteiger partial charge in [0.05, 0.1) is 18.8 Å². The number of nitriles is 1. The van der Waals surface area contributed by atoms with E-state index < -0.39 is 0 Å². The van der Waals surface area contributed by atoms with E-state index in [-0.39, 0.29) is 30.3 Å². The molecule has 1 aliphatic rings. The van der Waals surface area contributed by atoms with Crippen molar-refractivity contribution in [2.45, 2.75) is 26.1 Å². The number of aliphatic hydroxyl groups excluding tert-OH is 1. The summed E-state index contributed by atoms with van der Waals surface area (Å²) in [4.78, 5) is 15.5. The molecule has 0 aromatic heterocycles. The number of nitrogens with zero attached hydrogens (tertiary/aromatic N) is 3. The van der Waals surface area contributed by atoms with E-state index in [0.29, 0.717) is 19.6 Å². The molecule has 0 aromatic rings. The minimum Gasteiger partial charge on any atom is -0.395 e. The first kappa shape index (κ1) is 15.5. The predicted molar refractivity (Wildman–Crippen MR) is 70.0 cm³/mol. The van der Waals surface area contributed by atoms with Crippen LogP contribution in [0.2, 0.25) is 0 Å². The minimum atomic E-state index is -0.283. The van der Waals surface area contributed by atoms with E-state index in [0.717, 1.165) is 0 Å². The molecule has 6 nitrogen and oxygen atoms in total. The second kappa shape index (κ2) is 7.12. The Kier molecular flexibility index (Phi) is 5.80. The van der Waals surface area contributed by atoms with E-state index in [4.69, 9.17) is 15.1 Å². The minimum absolute atomic E-state index is 0.0223. The average Bonchev–Trinajstić information content (AvgIpc) is 2.34. The molecule has 19 heavy (non-hydrogen) atoms. The summed E-state index contributed by atoms with van der Waals surface area (Å²) in [7, 11) is 1.71. The van der Waals surface area contributed by atoms with Crippen molar-refractivity contribution in [3.05, 3.63) is 11.8 Å². The van der Waals surface area contributed by atoms with Gasteiger partial charge >= 0.3 is 0 Å². The van der Waals surface area contributed by atoms with Gasteiger partial charge in [-0.15, -0.1) is 0 Å². The molecular weight excluding hydrogens is 246 g/mol. The maximum Gasteiger partial charge on any atom is 0.266 e. The van der Waals surface area contributed by atoms with Crippen LogP contribution in [0, 0.1) is 11.3 Å². The normalized spacial score (nSPS) is 23.9. The molecule has 1 aliphatic heterocycles. The van der Waals surface area contributed by atoms with Gasteiger partial charge in [0, 0.05) is 32.9 Å². The molecule has 106 valence electrons. The quantitative estimate of drug-likeness (QED) is 0.571. The lowest BCUT2D eigenvalue weighted by Gasteiger charge is -2.35. The van der Waals surface area contributed by atoms with E-state index in [2.05, 4.69) is 0 Å². The zero-order chi connectivity index (χ0) is 14.4. The summed E-state index contributed by atoms with van der Waals surface area (Å²) in [5.74, 6) is -0.283. The molecule has 1 heterocycles. The molecule has 2 unspecified atom stereocenters. The third kappa shape index (κ3) is 4.54. The first-order valence-corrected chi connectivity index (χ1v) is 6.35. The largest absolute Gasteiger partial charge is 0.395 e. The van der Waals surface area contributed by atoms with E-state index in [1.165, 1.54) is 6.20 Å². The van der Waals surface area contributed by atoms with Crippen LogP contribution in [0.15, 0.2) is 11.8 Å². The van der Waals surface area contributed by atoms with Crippen molar-refractivity contribution in [2.75, 3.05) is 33.3 Å². The summed E-state index contributed by atoms with van der Waals surface area (Å²) in [6, 6.07) is 1.92. The van der Waals surface area contributed by atoms with Crippen molar-refractivity contribution in [1.29, 1.82) is 5.26 Å². The molecule has 2 atom stereocenters. The van der Waals surface area contributed by atoms with Crippen molar-refractivity contribution in [3.63, 3.8) is 0 Å². The number of carbonyl (C=O) groups excluding carboxylic acids is 1. The van der Waals surface area contributed by atoms with E-state index >= 15 is 0 Å². The first-order chi connectivity index (χ1) is 8.97. The molecule has 1 N–H and O–H groups in total. The van der Waals surface area contributed by atoms with Crippen LogP contribution in [-0.4, -0.2) is 66.3 Å². The first-order valence-electron chi connectivity index (χ1n) is 6.35. The van der Waals surface area contributed by atoms with Gasteiger partial charge in [0.2, 0.25) is 0 Å². The number of hydrogen-bond donors (Lipinski definition) is 1. The molecule has 0 aliphatic carbocycles. The van der Waals surface area contributed by atoms with Crippen LogP contribution in [0.25, 0.3) is 0 Å². The molecule has 1 rings (SSSR count). The van der Waals surface area contributed by atoms with Crippen LogP contribution in [-0.2, 0) is 9.53 Å². The molecule has 0 radical (unpaired) electrons. The van der Waals surface area contributed by atoms with Gasteiger partial charge in [-0.2, -0.15) is 5.26 Å². The van der Waals surface area contributed by atoms with Crippen molar-refractivity contribution in [1.82, 2.24) is 9.80 Å². The smallest absolute Gasteiger partial charge is 0.266 e. The lowest BCUT2D eigenvalue weighted by molar-refractivity contribution is -0.138. The molecule has 1 amide bonds. The van der Waals surface area contributed by atoms with Crippen LogP contribution in [0.3, 0.4) is 0 Å². The number of carbonyl (C=O) groups is 1. The van der Waals surface area contributed by atoms with Gasteiger partial charge in [0.15, 0.2) is 0 Å². The third-order valence-electron chi connectivity index (χ3n) is 2.86. The van der Waals surface area contributed by atoms with Crippen LogP contribution < -0.4 is 0 Å². The summed E-state index contributed by atoms with van der Waals surface area (Å²) in [6.07, 6.45) is 1.43. The zero-order valence-corrected chi connectivity index (χ0v) is 11.7. The van der Waals surface area contributed by atoms with Crippen molar-refractivity contribution < 1.29 is 14.6 Å². The topological polar surface area (TPSA) is 76.8 Å². The van der Waals surface area contributed by atoms with E-state index in [9.17, 15) is 4.79 Å². The molecule has 0 bridgehead atoms. The Labute approximate surface area is 113 Å². The number of hydrogen-bond acceptors (Lipinski definition) is 5. The Morgan fingerprint density at radius 2 is 2.11 bits per heavy atom. The average molecular weight is 267 g/mol. The highest BCUT2D eigenvalue weighted by atomic mass is 16.5. The Morgan fingerprint density at radius 1 is 1.53 bits per heavy atom. The fourth-order valence-corrected chi connectivity index (χ4v) is 2.09. The lowest BCUT2D eigenvalue weighted by Crippen LogP contribution is -2.48. The maximum atomic E-state index is 12.3. The Bertz CT molecular complexity index is 379. The van der Waals surface area contributed by atoms with E-state index in [1.807, 2.05) is 19.9 Å². The molecule has 0 spiro atoms. The van der Waals surface area contributed by atoms with Crippen molar-refractivity contribution >= 4 is 5.91 Å². The number of rotatable bonds is 4. The number of aliphatic hydroxyl groups is 1. The summed E-state index contributed by atoms with van der Waals surface area (Å²) in [6.45, 7) is 5.16. The van der Waals surface area contributed by atoms with E-state index in [1.54, 1.807) is 16.8 Å². The summed E-state index contributed by atoms with van der Waals surface area (Å²) in [5.41, 5.74) is 0.0808. The van der Waals surface area contributed by atoms with Crippen molar-refractivity contribution in [3.8, 4) is 6.07 Å². The molecular formula is C13H21N3O3. The van der Waals surface area contributed by atoms with Crippen molar-refractivity contribution in [2.24, 2.45) is 0 Å². The number of amides is 1. The number of morpholine rings is 1. The van der Waals surface area contributed by atoms with Gasteiger partial charge in [-0.25, -0.2) is 0 Å². The lowest BCUT2D eigenvalue weighted by atomic mass is 10.2. The molecule has 6 heteroatoms. The standard InChI is InChI=1S/C13H21N3O3/c1-10-7-16(8-11(2)19-10)13(18)12(6-14)9-15(3)4-5-17/h9-11,17H,4-5,7-8H2,1-3H3/b12-9-. The van der Waals surface area contributed by atoms with Gasteiger partial charge in [-0.3, -0.25) is 4.79 Å². The van der Waals surface area contributed by atoms with Crippen LogP contribution in [0.1, 0.15) is 13.8 Å². The maximum absolute atomic E-state index is 12.3. The van der Waals surface area contributed by atoms with Gasteiger partial charge in [-0.1, -0.05) is 0 Å². The highest BCUT2D eigenvalue weighted by Gasteiger charge is 2.27. The second-order valence-electron chi connectivity index (χ2n) is 4.83. The number of ether oxygens (including phenoxy) is 1. The van der Waals surface area contributed by atoms with Crippen LogP contribution in [0.5, 0.6) is 0 Å². The fraction of sp³-hybridized carbons (Fsp3) is 0.692. The van der Waals surface area contributed by atoms with Gasteiger partial charge in [-0.05, 0) is 13.8 Å². The third-order valence-corrected chi connectivity index (χ3v) is 2.86. The Balaban J connectivity index is 2.76. The predicted octanol–water partition coefficient (Wildman–Crippen LogP) is -0.0462. The molecule has 1 saturated heterocycles. The summed E-state index contributed by atoms with van der Waals surface area (Å²) < 4.78 is 5.56. The number of likely N-dealkylation sites (N-methyl/N-ethyl adjacent to an activating group) is 1. The fourth-order valence-electron chi connectivity index (χ4n) is 2.09.